The molecule has 0 radical (unpaired) electrons. The van der Waals surface area contributed by atoms with Gasteiger partial charge in [0.1, 0.15) is 11.5 Å². The summed E-state index contributed by atoms with van der Waals surface area (Å²) in [6.45, 7) is 0. The Kier molecular flexibility index (Phi) is 5.12. The first-order valence-electron chi connectivity index (χ1n) is 5.79. The van der Waals surface area contributed by atoms with Crippen molar-refractivity contribution in [1.82, 2.24) is 0 Å². The monoisotopic (exact) mass is 342 g/mol. The summed E-state index contributed by atoms with van der Waals surface area (Å²) in [6.07, 6.45) is 2.42. The van der Waals surface area contributed by atoms with Gasteiger partial charge < -0.3 is 9.84 Å². The Bertz CT molecular complexity index is 711. The molecule has 0 aromatic heterocycles. The van der Waals surface area contributed by atoms with Gasteiger partial charge in [-0.2, -0.15) is 0 Å². The largest absolute Gasteiger partial charge is 0.478 e. The van der Waals surface area contributed by atoms with E-state index in [-0.39, 0.29) is 0 Å². The number of benzene rings is 2. The molecule has 2 aromatic rings. The van der Waals surface area contributed by atoms with E-state index in [1.54, 1.807) is 36.4 Å². The Morgan fingerprint density at radius 1 is 0.952 bits per heavy atom. The molecule has 0 atom stereocenters. The van der Waals surface area contributed by atoms with E-state index in [0.29, 0.717) is 32.1 Å². The zero-order valence-corrected chi connectivity index (χ0v) is 12.8. The molecule has 0 spiro atoms. The van der Waals surface area contributed by atoms with Crippen LogP contribution in [0, 0.1) is 0 Å². The molecule has 0 bridgehead atoms. The molecule has 0 aliphatic rings. The van der Waals surface area contributed by atoms with Gasteiger partial charge in [-0.1, -0.05) is 34.8 Å². The van der Waals surface area contributed by atoms with Crippen molar-refractivity contribution in [2.45, 2.75) is 0 Å². The Hall–Kier alpha value is -1.68. The van der Waals surface area contributed by atoms with Crippen LogP contribution < -0.4 is 4.74 Å². The normalized spacial score (nSPS) is 10.8. The zero-order chi connectivity index (χ0) is 15.4. The van der Waals surface area contributed by atoms with Crippen molar-refractivity contribution in [3.05, 3.63) is 63.1 Å². The minimum Gasteiger partial charge on any atom is -0.478 e. The predicted molar refractivity (Wildman–Crippen MR) is 84.7 cm³/mol. The van der Waals surface area contributed by atoms with Gasteiger partial charge in [-0.15, -0.1) is 0 Å². The van der Waals surface area contributed by atoms with Gasteiger partial charge in [-0.3, -0.25) is 0 Å². The molecule has 21 heavy (non-hydrogen) atoms. The highest BCUT2D eigenvalue weighted by Crippen LogP contribution is 2.31. The second kappa shape index (κ2) is 6.85. The Balaban J connectivity index is 2.20. The number of carbonyl (C=O) groups is 1. The number of ether oxygens (including phenoxy) is 1. The maximum Gasteiger partial charge on any atom is 0.328 e. The maximum absolute atomic E-state index is 10.5. The van der Waals surface area contributed by atoms with Crippen molar-refractivity contribution in [2.24, 2.45) is 0 Å². The highest BCUT2D eigenvalue weighted by Gasteiger charge is 2.04. The van der Waals surface area contributed by atoms with Crippen molar-refractivity contribution >= 4 is 46.8 Å². The minimum atomic E-state index is -1.04. The van der Waals surface area contributed by atoms with E-state index in [1.807, 2.05) is 0 Å². The van der Waals surface area contributed by atoms with Gasteiger partial charge in [-0.05, 0) is 42.0 Å². The molecule has 0 aliphatic heterocycles. The summed E-state index contributed by atoms with van der Waals surface area (Å²) in [4.78, 5) is 10.5. The van der Waals surface area contributed by atoms with E-state index in [1.165, 1.54) is 6.08 Å². The molecule has 0 saturated heterocycles. The first-order chi connectivity index (χ1) is 9.95. The van der Waals surface area contributed by atoms with Crippen LogP contribution in [0.25, 0.3) is 6.08 Å². The van der Waals surface area contributed by atoms with E-state index in [2.05, 4.69) is 0 Å². The van der Waals surface area contributed by atoms with Crippen molar-refractivity contribution in [1.29, 1.82) is 0 Å². The van der Waals surface area contributed by atoms with Gasteiger partial charge in [0.05, 0.1) is 15.1 Å². The summed E-state index contributed by atoms with van der Waals surface area (Å²) in [5.74, 6) is -0.0117. The standard InChI is InChI=1S/C15H9Cl3O3/c16-12-5-4-11(8-14(12)18)21-10-3-1-9(13(17)7-10)2-6-15(19)20/h1-8H,(H,19,20)/b6-2+. The Morgan fingerprint density at radius 2 is 1.57 bits per heavy atom. The lowest BCUT2D eigenvalue weighted by atomic mass is 10.2. The topological polar surface area (TPSA) is 46.5 Å². The molecular formula is C15H9Cl3O3. The number of aliphatic carboxylic acids is 1. The fraction of sp³-hybridized carbons (Fsp3) is 0. The molecule has 1 N–H and O–H groups in total. The first-order valence-corrected chi connectivity index (χ1v) is 6.92. The molecule has 0 unspecified atom stereocenters. The molecule has 0 aliphatic carbocycles. The summed E-state index contributed by atoms with van der Waals surface area (Å²) in [7, 11) is 0. The number of carboxylic acids is 1. The smallest absolute Gasteiger partial charge is 0.328 e. The van der Waals surface area contributed by atoms with E-state index in [4.69, 9.17) is 44.6 Å². The molecule has 108 valence electrons. The van der Waals surface area contributed by atoms with E-state index in [0.717, 1.165) is 6.08 Å². The third kappa shape index (κ3) is 4.39. The van der Waals surface area contributed by atoms with Crippen molar-refractivity contribution < 1.29 is 14.6 Å². The number of halogens is 3. The average molecular weight is 344 g/mol. The molecule has 0 saturated carbocycles. The molecule has 0 amide bonds. The Labute approximate surface area is 136 Å². The highest BCUT2D eigenvalue weighted by atomic mass is 35.5. The summed E-state index contributed by atoms with van der Waals surface area (Å²) in [5.41, 5.74) is 0.584. The van der Waals surface area contributed by atoms with Crippen LogP contribution in [0.3, 0.4) is 0 Å². The molecule has 0 fully saturated rings. The summed E-state index contributed by atoms with van der Waals surface area (Å²) in [6, 6.07) is 9.83. The van der Waals surface area contributed by atoms with E-state index in [9.17, 15) is 4.79 Å². The summed E-state index contributed by atoms with van der Waals surface area (Å²) in [5, 5.41) is 9.80. The SMILES string of the molecule is O=C(O)/C=C/c1ccc(Oc2ccc(Cl)c(Cl)c2)cc1Cl. The molecule has 3 nitrogen and oxygen atoms in total. The van der Waals surface area contributed by atoms with Gasteiger partial charge in [0.25, 0.3) is 0 Å². The second-order valence-electron chi connectivity index (χ2n) is 4.03. The van der Waals surface area contributed by atoms with Gasteiger partial charge in [0, 0.05) is 12.1 Å². The Morgan fingerprint density at radius 3 is 2.14 bits per heavy atom. The van der Waals surface area contributed by atoms with Gasteiger partial charge in [0.15, 0.2) is 0 Å². The van der Waals surface area contributed by atoms with Crippen LogP contribution in [0.5, 0.6) is 11.5 Å². The lowest BCUT2D eigenvalue weighted by Crippen LogP contribution is -1.88. The summed E-state index contributed by atoms with van der Waals surface area (Å²) >= 11 is 17.8. The van der Waals surface area contributed by atoms with Crippen LogP contribution in [-0.2, 0) is 4.79 Å². The predicted octanol–water partition coefficient (Wildman–Crippen LogP) is 5.54. The van der Waals surface area contributed by atoms with Crippen molar-refractivity contribution in [3.63, 3.8) is 0 Å². The van der Waals surface area contributed by atoms with Crippen LogP contribution in [0.1, 0.15) is 5.56 Å². The van der Waals surface area contributed by atoms with Gasteiger partial charge >= 0.3 is 5.97 Å². The molecule has 2 aromatic carbocycles. The molecule has 0 heterocycles. The summed E-state index contributed by atoms with van der Waals surface area (Å²) < 4.78 is 5.61. The fourth-order valence-corrected chi connectivity index (χ4v) is 2.07. The van der Waals surface area contributed by atoms with Crippen LogP contribution in [0.2, 0.25) is 15.1 Å². The van der Waals surface area contributed by atoms with Crippen LogP contribution in [0.4, 0.5) is 0 Å². The number of hydrogen-bond acceptors (Lipinski definition) is 2. The number of carboxylic acid groups (broad SMARTS) is 1. The number of rotatable bonds is 4. The van der Waals surface area contributed by atoms with Gasteiger partial charge in [0.2, 0.25) is 0 Å². The maximum atomic E-state index is 10.5. The molecule has 6 heteroatoms. The van der Waals surface area contributed by atoms with Crippen molar-refractivity contribution in [2.75, 3.05) is 0 Å². The molecular weight excluding hydrogens is 335 g/mol. The molecule has 2 rings (SSSR count). The fourth-order valence-electron chi connectivity index (χ4n) is 1.54. The van der Waals surface area contributed by atoms with Gasteiger partial charge in [-0.25, -0.2) is 4.79 Å². The van der Waals surface area contributed by atoms with Crippen molar-refractivity contribution in [3.8, 4) is 11.5 Å². The lowest BCUT2D eigenvalue weighted by Gasteiger charge is -2.08. The van der Waals surface area contributed by atoms with E-state index < -0.39 is 5.97 Å². The second-order valence-corrected chi connectivity index (χ2v) is 5.25. The first kappa shape index (κ1) is 15.7. The van der Waals surface area contributed by atoms with Crippen LogP contribution in [-0.4, -0.2) is 11.1 Å². The minimum absolute atomic E-state index is 0.380. The van der Waals surface area contributed by atoms with Crippen LogP contribution >= 0.6 is 34.8 Å². The third-order valence-electron chi connectivity index (χ3n) is 2.50. The van der Waals surface area contributed by atoms with E-state index >= 15 is 0 Å². The average Bonchev–Trinajstić information content (AvgIpc) is 2.42. The third-order valence-corrected chi connectivity index (χ3v) is 3.57. The van der Waals surface area contributed by atoms with Crippen LogP contribution in [0.15, 0.2) is 42.5 Å². The number of hydrogen-bond donors (Lipinski definition) is 1. The quantitative estimate of drug-likeness (QED) is 0.742. The highest BCUT2D eigenvalue weighted by molar-refractivity contribution is 6.42. The lowest BCUT2D eigenvalue weighted by molar-refractivity contribution is -0.131. The zero-order valence-electron chi connectivity index (χ0n) is 10.5.